The Bertz CT molecular complexity index is 370. The van der Waals surface area contributed by atoms with Gasteiger partial charge in [0, 0.05) is 31.4 Å². The van der Waals surface area contributed by atoms with Gasteiger partial charge in [0.15, 0.2) is 0 Å². The first-order chi connectivity index (χ1) is 7.67. The van der Waals surface area contributed by atoms with Crippen molar-refractivity contribution in [1.29, 1.82) is 0 Å². The van der Waals surface area contributed by atoms with Crippen molar-refractivity contribution in [2.24, 2.45) is 5.73 Å². The van der Waals surface area contributed by atoms with E-state index in [1.165, 1.54) is 0 Å². The summed E-state index contributed by atoms with van der Waals surface area (Å²) < 4.78 is 5.18. The van der Waals surface area contributed by atoms with Crippen molar-refractivity contribution in [3.8, 4) is 5.75 Å². The highest BCUT2D eigenvalue weighted by Gasteiger charge is 2.34. The maximum atomic E-state index is 10.1. The molecule has 1 aliphatic rings. The third-order valence-electron chi connectivity index (χ3n) is 3.13. The first-order valence-corrected chi connectivity index (χ1v) is 5.48. The summed E-state index contributed by atoms with van der Waals surface area (Å²) in [5.74, 6) is 0.834. The molecule has 1 fully saturated rings. The summed E-state index contributed by atoms with van der Waals surface area (Å²) in [6, 6.07) is 7.86. The van der Waals surface area contributed by atoms with Crippen LogP contribution >= 0.6 is 0 Å². The zero-order chi connectivity index (χ0) is 11.6. The lowest BCUT2D eigenvalue weighted by molar-refractivity contribution is 0.0726. The van der Waals surface area contributed by atoms with E-state index in [0.29, 0.717) is 13.1 Å². The highest BCUT2D eigenvalue weighted by atomic mass is 16.5. The van der Waals surface area contributed by atoms with Crippen LogP contribution in [0.2, 0.25) is 0 Å². The second-order valence-corrected chi connectivity index (χ2v) is 4.30. The summed E-state index contributed by atoms with van der Waals surface area (Å²) in [7, 11) is 1.65. The number of hydrogen-bond donors (Lipinski definition) is 2. The van der Waals surface area contributed by atoms with Crippen LogP contribution in [0.3, 0.4) is 0 Å². The molecule has 0 amide bonds. The van der Waals surface area contributed by atoms with Crippen molar-refractivity contribution in [1.82, 2.24) is 0 Å². The molecule has 16 heavy (non-hydrogen) atoms. The lowest BCUT2D eigenvalue weighted by Gasteiger charge is -2.23. The van der Waals surface area contributed by atoms with E-state index in [9.17, 15) is 5.11 Å². The van der Waals surface area contributed by atoms with Crippen LogP contribution in [0.15, 0.2) is 24.3 Å². The minimum absolute atomic E-state index is 0.313. The fraction of sp³-hybridized carbons (Fsp3) is 0.500. The third-order valence-corrected chi connectivity index (χ3v) is 3.13. The van der Waals surface area contributed by atoms with Gasteiger partial charge in [-0.05, 0) is 18.6 Å². The van der Waals surface area contributed by atoms with Crippen LogP contribution in [0.1, 0.15) is 6.42 Å². The number of aliphatic hydroxyl groups is 1. The van der Waals surface area contributed by atoms with Crippen LogP contribution in [0.4, 0.5) is 5.69 Å². The fourth-order valence-electron chi connectivity index (χ4n) is 2.05. The van der Waals surface area contributed by atoms with E-state index < -0.39 is 5.60 Å². The Morgan fingerprint density at radius 2 is 2.38 bits per heavy atom. The van der Waals surface area contributed by atoms with Crippen molar-refractivity contribution >= 4 is 5.69 Å². The predicted octanol–water partition coefficient (Wildman–Crippen LogP) is 0.595. The molecular formula is C12H18N2O2. The van der Waals surface area contributed by atoms with Crippen molar-refractivity contribution in [2.75, 3.05) is 31.6 Å². The minimum Gasteiger partial charge on any atom is -0.497 e. The van der Waals surface area contributed by atoms with Crippen LogP contribution in [0, 0.1) is 0 Å². The van der Waals surface area contributed by atoms with E-state index in [1.807, 2.05) is 24.3 Å². The lowest BCUT2D eigenvalue weighted by atomic mass is 10.0. The van der Waals surface area contributed by atoms with Gasteiger partial charge in [0.2, 0.25) is 0 Å². The molecule has 3 N–H and O–H groups in total. The molecule has 2 rings (SSSR count). The molecule has 1 unspecified atom stereocenters. The van der Waals surface area contributed by atoms with E-state index >= 15 is 0 Å². The zero-order valence-electron chi connectivity index (χ0n) is 9.52. The number of benzene rings is 1. The first kappa shape index (κ1) is 11.2. The zero-order valence-corrected chi connectivity index (χ0v) is 9.52. The molecule has 1 aromatic rings. The average molecular weight is 222 g/mol. The van der Waals surface area contributed by atoms with Crippen molar-refractivity contribution in [3.63, 3.8) is 0 Å². The molecular weight excluding hydrogens is 204 g/mol. The van der Waals surface area contributed by atoms with Gasteiger partial charge in [0.05, 0.1) is 12.7 Å². The highest BCUT2D eigenvalue weighted by Crippen LogP contribution is 2.28. The van der Waals surface area contributed by atoms with Crippen LogP contribution in [-0.2, 0) is 0 Å². The van der Waals surface area contributed by atoms with Crippen LogP contribution in [0.25, 0.3) is 0 Å². The molecule has 88 valence electrons. The van der Waals surface area contributed by atoms with E-state index in [-0.39, 0.29) is 0 Å². The number of methoxy groups -OCH3 is 1. The maximum absolute atomic E-state index is 10.1. The predicted molar refractivity (Wildman–Crippen MR) is 63.8 cm³/mol. The van der Waals surface area contributed by atoms with Gasteiger partial charge in [-0.2, -0.15) is 0 Å². The Balaban J connectivity index is 2.14. The normalized spacial score (nSPS) is 24.8. The van der Waals surface area contributed by atoms with Gasteiger partial charge in [-0.1, -0.05) is 6.07 Å². The quantitative estimate of drug-likeness (QED) is 0.786. The minimum atomic E-state index is -0.733. The Morgan fingerprint density at radius 3 is 3.00 bits per heavy atom. The SMILES string of the molecule is COc1cccc(N2CCC(O)(CN)C2)c1. The molecule has 0 radical (unpaired) electrons. The van der Waals surface area contributed by atoms with Gasteiger partial charge >= 0.3 is 0 Å². The summed E-state index contributed by atoms with van der Waals surface area (Å²) in [5.41, 5.74) is 5.90. The van der Waals surface area contributed by atoms with Gasteiger partial charge in [-0.15, -0.1) is 0 Å². The summed E-state index contributed by atoms with van der Waals surface area (Å²) in [6.07, 6.45) is 0.723. The first-order valence-electron chi connectivity index (χ1n) is 5.48. The van der Waals surface area contributed by atoms with Gasteiger partial charge in [0.25, 0.3) is 0 Å². The Morgan fingerprint density at radius 1 is 1.56 bits per heavy atom. The van der Waals surface area contributed by atoms with Crippen molar-refractivity contribution in [2.45, 2.75) is 12.0 Å². The number of anilines is 1. The van der Waals surface area contributed by atoms with Crippen LogP contribution in [-0.4, -0.2) is 37.5 Å². The van der Waals surface area contributed by atoms with Crippen molar-refractivity contribution in [3.05, 3.63) is 24.3 Å². The van der Waals surface area contributed by atoms with Crippen LogP contribution in [0.5, 0.6) is 5.75 Å². The standard InChI is InChI=1S/C12H18N2O2/c1-16-11-4-2-3-10(7-11)14-6-5-12(15,8-13)9-14/h2-4,7,15H,5-6,8-9,13H2,1H3. The molecule has 1 saturated heterocycles. The summed E-state index contributed by atoms with van der Waals surface area (Å²) in [4.78, 5) is 2.13. The van der Waals surface area contributed by atoms with E-state index in [4.69, 9.17) is 10.5 Å². The Kier molecular flexibility index (Phi) is 3.03. The fourth-order valence-corrected chi connectivity index (χ4v) is 2.05. The molecule has 1 aliphatic heterocycles. The number of nitrogens with two attached hydrogens (primary N) is 1. The van der Waals surface area contributed by atoms with Gasteiger partial charge in [0.1, 0.15) is 5.75 Å². The van der Waals surface area contributed by atoms with Crippen LogP contribution < -0.4 is 15.4 Å². The Labute approximate surface area is 95.6 Å². The molecule has 4 nitrogen and oxygen atoms in total. The number of ether oxygens (including phenoxy) is 1. The van der Waals surface area contributed by atoms with E-state index in [1.54, 1.807) is 7.11 Å². The lowest BCUT2D eigenvalue weighted by Crippen LogP contribution is -2.40. The largest absolute Gasteiger partial charge is 0.497 e. The molecule has 0 aliphatic carbocycles. The summed E-state index contributed by atoms with van der Waals surface area (Å²) >= 11 is 0. The monoisotopic (exact) mass is 222 g/mol. The highest BCUT2D eigenvalue weighted by molar-refractivity contribution is 5.52. The molecule has 1 heterocycles. The number of β-amino-alcohol motifs (C(OH)–C–C–N with tert-alkyl or cyclic N) is 1. The van der Waals surface area contributed by atoms with Gasteiger partial charge in [-0.25, -0.2) is 0 Å². The summed E-state index contributed by atoms with van der Waals surface area (Å²) in [5, 5.41) is 10.1. The van der Waals surface area contributed by atoms with Crippen molar-refractivity contribution < 1.29 is 9.84 Å². The van der Waals surface area contributed by atoms with Gasteiger partial charge in [-0.3, -0.25) is 0 Å². The Hall–Kier alpha value is -1.26. The average Bonchev–Trinajstić information content (AvgIpc) is 2.73. The third kappa shape index (κ3) is 2.13. The topological polar surface area (TPSA) is 58.7 Å². The molecule has 1 atom stereocenters. The molecule has 0 bridgehead atoms. The molecule has 1 aromatic carbocycles. The number of hydrogen-bond acceptors (Lipinski definition) is 4. The molecule has 0 spiro atoms. The van der Waals surface area contributed by atoms with Gasteiger partial charge < -0.3 is 20.5 Å². The maximum Gasteiger partial charge on any atom is 0.120 e. The molecule has 0 aromatic heterocycles. The second kappa shape index (κ2) is 4.31. The smallest absolute Gasteiger partial charge is 0.120 e. The number of rotatable bonds is 3. The second-order valence-electron chi connectivity index (χ2n) is 4.30. The summed E-state index contributed by atoms with van der Waals surface area (Å²) in [6.45, 7) is 1.74. The molecule has 4 heteroatoms. The van der Waals surface area contributed by atoms with E-state index in [2.05, 4.69) is 4.90 Å². The van der Waals surface area contributed by atoms with E-state index in [0.717, 1.165) is 24.4 Å². The number of nitrogens with zero attached hydrogens (tertiary/aromatic N) is 1. The molecule has 0 saturated carbocycles.